The number of fused-ring (bicyclic) bond motifs is 2. The van der Waals surface area contributed by atoms with Crippen LogP contribution in [0.1, 0.15) is 115 Å². The zero-order chi connectivity index (χ0) is 67.9. The van der Waals surface area contributed by atoms with Crippen molar-refractivity contribution in [3.05, 3.63) is 95.8 Å². The number of nitrogens with two attached hydrogens (primary N) is 1. The summed E-state index contributed by atoms with van der Waals surface area (Å²) in [4.78, 5) is 131. The highest BCUT2D eigenvalue weighted by atomic mass is 32.2. The van der Waals surface area contributed by atoms with Gasteiger partial charge in [-0.05, 0) is 87.0 Å². The van der Waals surface area contributed by atoms with Gasteiger partial charge in [-0.15, -0.1) is 5.53 Å². The van der Waals surface area contributed by atoms with E-state index in [1.807, 2.05) is 31.7 Å². The Bertz CT molecular complexity index is 2970. The summed E-state index contributed by atoms with van der Waals surface area (Å²) in [6, 6.07) is 6.93. The fourth-order valence-electron chi connectivity index (χ4n) is 11.3. The van der Waals surface area contributed by atoms with Crippen LogP contribution in [0.5, 0.6) is 5.75 Å². The third-order valence-electron chi connectivity index (χ3n) is 16.5. The number of unbranched alkanes of at least 4 members (excludes halogenated alkanes) is 1. The van der Waals surface area contributed by atoms with Gasteiger partial charge in [0.25, 0.3) is 0 Å². The molecule has 95 heavy (non-hydrogen) atoms. The first-order valence-corrected chi connectivity index (χ1v) is 34.3. The molecule has 3 aromatic rings. The minimum absolute atomic E-state index is 0.0204. The highest BCUT2D eigenvalue weighted by Crippen LogP contribution is 2.33. The smallest absolute Gasteiger partial charge is 0.315 e. The number of aromatic hydroxyl groups is 1. The summed E-state index contributed by atoms with van der Waals surface area (Å²) in [7, 11) is 0. The third-order valence-corrected chi connectivity index (χ3v) is 18.0. The zero-order valence-electron chi connectivity index (χ0n) is 54.7. The number of rotatable bonds is 29. The summed E-state index contributed by atoms with van der Waals surface area (Å²) < 4.78 is 17.1. The minimum atomic E-state index is -1.32. The van der Waals surface area contributed by atoms with Crippen LogP contribution in [0, 0.1) is 5.92 Å². The Morgan fingerprint density at radius 1 is 0.684 bits per heavy atom. The molecule has 4 aliphatic rings. The molecule has 4 aliphatic heterocycles. The van der Waals surface area contributed by atoms with Gasteiger partial charge in [-0.25, -0.2) is 9.78 Å². The maximum absolute atomic E-state index is 14.6. The van der Waals surface area contributed by atoms with Crippen LogP contribution in [0.4, 0.5) is 4.79 Å². The number of thioether (sulfide) groups is 1. The number of hydrogen-bond acceptors (Lipinski definition) is 19. The monoisotopic (exact) mass is 1340 g/mol. The van der Waals surface area contributed by atoms with Crippen LogP contribution in [-0.4, -0.2) is 198 Å². The lowest BCUT2D eigenvalue weighted by Crippen LogP contribution is -2.60. The van der Waals surface area contributed by atoms with Crippen molar-refractivity contribution in [2.24, 2.45) is 11.7 Å². The van der Waals surface area contributed by atoms with Gasteiger partial charge in [0.2, 0.25) is 47.3 Å². The number of ether oxygens (including phenoxy) is 3. The standard InChI is InChI=1S/C65H98N16O13S/c1-4-48-60(86)76-53(36-44-37-67-40-70-44)64(90)72-49(59(85)69-24-13-27-93-29-31-94-30-28-92-26-12-23-68-56(83)18-9-8-17-55-57-54(39-95-55)77-65(91)78-57)16-10-11-25-81-38-45(79-80-81)35-47(66)58(84)73-51(33-42-14-6-5-7-15-42)62(88)75-52(34-43-19-21-46(82)22-20-43)63(89)74-50(32-41(2)3)61(87)71-48/h5-7,14-15,19-22,37-38,40-41,47-55,57,79-80,82H,4,8-13,16-18,23-36,39,66H2,1-3H3,(H,67,70)(H,68,83)(H,69,85)(H,71,87)(H,72,90)(H,73,84)(H,74,89)(H,75,88)(H,76,86)(H2,77,78,91)/t47-,48-,49-,50-,51-,52-,53-,54+,55+,57+/m0/s1. The number of phenols is 1. The molecule has 29 nitrogen and oxygen atoms in total. The quantitative estimate of drug-likeness (QED) is 0.0330. The average Bonchev–Trinajstić information content (AvgIpc) is 1.72. The molecule has 2 aromatic carbocycles. The third kappa shape index (κ3) is 25.9. The van der Waals surface area contributed by atoms with Crippen molar-refractivity contribution in [2.75, 3.05) is 65.0 Å². The second-order valence-corrected chi connectivity index (χ2v) is 25.9. The first kappa shape index (κ1) is 74.4. The number of aromatic nitrogens is 2. The molecule has 7 rings (SSSR count). The fourth-order valence-corrected chi connectivity index (χ4v) is 12.9. The fraction of sp³-hybridized carbons (Fsp3) is 0.600. The van der Waals surface area contributed by atoms with Crippen molar-refractivity contribution >= 4 is 65.1 Å². The molecule has 10 atom stereocenters. The average molecular weight is 1340 g/mol. The van der Waals surface area contributed by atoms with E-state index < -0.39 is 83.6 Å². The summed E-state index contributed by atoms with van der Waals surface area (Å²) in [5.74, 6) is -3.87. The van der Waals surface area contributed by atoms with Crippen LogP contribution in [0.2, 0.25) is 0 Å². The molecule has 1 aromatic heterocycles. The molecule has 2 bridgehead atoms. The van der Waals surface area contributed by atoms with E-state index >= 15 is 0 Å². The Balaban J connectivity index is 0.931. The lowest BCUT2D eigenvalue weighted by Gasteiger charge is -2.28. The number of carbonyl (C=O) groups is 9. The molecular formula is C65H98N16O13S. The van der Waals surface area contributed by atoms with E-state index in [0.29, 0.717) is 113 Å². The SMILES string of the molecule is CC[C@@H]1NC(=O)[C@H](CC(C)C)NC(=O)[C@H](Cc2ccc(O)cc2)NC(=O)[C@H](Cc2ccccc2)NC(=O)[C@@H](N)CC2=CN(CCCC[C@@H](C(=O)NCCCOCCOCCOCCCNC(=O)CCCC[C@H]3SC[C@H]4NC(=O)N[C@H]43)NC(=O)[C@H](Cc3c[nH]cn3)NC1=O)NN2. The summed E-state index contributed by atoms with van der Waals surface area (Å²) in [5.41, 5.74) is 14.9. The molecule has 522 valence electrons. The van der Waals surface area contributed by atoms with Crippen LogP contribution in [-0.2, 0) is 71.8 Å². The Morgan fingerprint density at radius 2 is 1.28 bits per heavy atom. The molecule has 10 amide bonds. The second-order valence-electron chi connectivity index (χ2n) is 24.7. The number of benzene rings is 2. The van der Waals surface area contributed by atoms with E-state index in [2.05, 4.69) is 74.1 Å². The molecule has 0 radical (unpaired) electrons. The van der Waals surface area contributed by atoms with Crippen LogP contribution < -0.4 is 69.9 Å². The molecule has 5 heterocycles. The van der Waals surface area contributed by atoms with Gasteiger partial charge >= 0.3 is 6.03 Å². The predicted octanol–water partition coefficient (Wildman–Crippen LogP) is 0.364. The zero-order valence-corrected chi connectivity index (χ0v) is 55.5. The predicted molar refractivity (Wildman–Crippen MR) is 355 cm³/mol. The van der Waals surface area contributed by atoms with Crippen molar-refractivity contribution in [3.8, 4) is 5.75 Å². The van der Waals surface area contributed by atoms with E-state index in [0.717, 1.165) is 25.0 Å². The number of phenolic OH excluding ortho intramolecular Hbond substituents is 1. The van der Waals surface area contributed by atoms with Gasteiger partial charge in [-0.2, -0.15) is 11.8 Å². The van der Waals surface area contributed by atoms with Gasteiger partial charge < -0.3 is 88.6 Å². The number of urea groups is 1. The van der Waals surface area contributed by atoms with Crippen molar-refractivity contribution in [1.82, 2.24) is 79.1 Å². The highest BCUT2D eigenvalue weighted by Gasteiger charge is 2.43. The lowest BCUT2D eigenvalue weighted by atomic mass is 9.99. The highest BCUT2D eigenvalue weighted by molar-refractivity contribution is 8.00. The van der Waals surface area contributed by atoms with Crippen LogP contribution in [0.25, 0.3) is 0 Å². The first-order chi connectivity index (χ1) is 45.9. The van der Waals surface area contributed by atoms with Crippen molar-refractivity contribution in [2.45, 2.75) is 177 Å². The molecule has 0 unspecified atom stereocenters. The van der Waals surface area contributed by atoms with E-state index in [1.165, 1.54) is 18.5 Å². The van der Waals surface area contributed by atoms with Gasteiger partial charge in [0.05, 0.1) is 56.6 Å². The molecule has 0 saturated carbocycles. The largest absolute Gasteiger partial charge is 0.508 e. The van der Waals surface area contributed by atoms with Gasteiger partial charge in [0.1, 0.15) is 42.0 Å². The number of nitrogens with zero attached hydrogens (tertiary/aromatic N) is 2. The van der Waals surface area contributed by atoms with Gasteiger partial charge in [-0.1, -0.05) is 69.7 Å². The Hall–Kier alpha value is -8.03. The summed E-state index contributed by atoms with van der Waals surface area (Å²) >= 11 is 1.88. The van der Waals surface area contributed by atoms with Crippen LogP contribution in [0.15, 0.2) is 79.0 Å². The Labute approximate surface area is 559 Å². The number of nitrogens with one attached hydrogen (secondary N) is 13. The van der Waals surface area contributed by atoms with Gasteiger partial charge in [0, 0.05) is 94.0 Å². The van der Waals surface area contributed by atoms with Crippen LogP contribution in [0.3, 0.4) is 0 Å². The molecule has 2 fully saturated rings. The van der Waals surface area contributed by atoms with E-state index in [9.17, 15) is 48.3 Å². The molecule has 2 saturated heterocycles. The number of imidazole rings is 1. The molecule has 30 heteroatoms. The number of hydrogen-bond donors (Lipinski definition) is 15. The van der Waals surface area contributed by atoms with Gasteiger partial charge in [0.15, 0.2) is 0 Å². The van der Waals surface area contributed by atoms with Gasteiger partial charge in [-0.3, -0.25) is 43.4 Å². The molecular weight excluding hydrogens is 1240 g/mol. The Kier molecular flexibility index (Phi) is 31.1. The maximum Gasteiger partial charge on any atom is 0.315 e. The summed E-state index contributed by atoms with van der Waals surface area (Å²) in [6.07, 6.45) is 10.3. The molecule has 0 spiro atoms. The number of amides is 10. The van der Waals surface area contributed by atoms with E-state index in [-0.39, 0.29) is 87.2 Å². The molecule has 16 N–H and O–H groups in total. The van der Waals surface area contributed by atoms with E-state index in [1.54, 1.807) is 60.7 Å². The topological polar surface area (TPSA) is 404 Å². The summed E-state index contributed by atoms with van der Waals surface area (Å²) in [5, 5.41) is 41.0. The van der Waals surface area contributed by atoms with Crippen LogP contribution >= 0.6 is 11.8 Å². The summed E-state index contributed by atoms with van der Waals surface area (Å²) in [6.45, 7) is 8.74. The minimum Gasteiger partial charge on any atom is -0.508 e. The number of H-pyrrole nitrogens is 1. The number of carbonyl (C=O) groups excluding carboxylic acids is 9. The van der Waals surface area contributed by atoms with Crippen molar-refractivity contribution < 1.29 is 62.5 Å². The van der Waals surface area contributed by atoms with Crippen molar-refractivity contribution in [1.29, 1.82) is 0 Å². The molecule has 0 aliphatic carbocycles. The number of aromatic amines is 1. The van der Waals surface area contributed by atoms with E-state index in [4.69, 9.17) is 19.9 Å². The second kappa shape index (κ2) is 39.7. The lowest BCUT2D eigenvalue weighted by molar-refractivity contribution is -0.135. The van der Waals surface area contributed by atoms with Crippen molar-refractivity contribution in [3.63, 3.8) is 0 Å². The Morgan fingerprint density at radius 3 is 1.95 bits per heavy atom. The number of hydrazine groups is 2. The normalized spacial score (nSPS) is 24.3. The maximum atomic E-state index is 14.6. The first-order valence-electron chi connectivity index (χ1n) is 33.2.